The number of rotatable bonds is 8. The zero-order chi connectivity index (χ0) is 36.0. The summed E-state index contributed by atoms with van der Waals surface area (Å²) in [4.78, 5) is 25.8. The number of ether oxygens (including phenoxy) is 2. The molecule has 7 nitrogen and oxygen atoms in total. The number of alkyl halides is 9. The first-order chi connectivity index (χ1) is 22.2. The Balaban J connectivity index is 0.000000533. The lowest BCUT2D eigenvalue weighted by molar-refractivity contribution is -0.274. The van der Waals surface area contributed by atoms with E-state index in [1.807, 2.05) is 0 Å². The summed E-state index contributed by atoms with van der Waals surface area (Å²) >= 11 is 0. The third-order valence-electron chi connectivity index (χ3n) is 8.27. The molecular weight excluding hydrogens is 663 g/mol. The van der Waals surface area contributed by atoms with Crippen LogP contribution in [-0.4, -0.2) is 54.5 Å². The molecule has 4 rings (SSSR count). The van der Waals surface area contributed by atoms with Crippen LogP contribution in [0.15, 0.2) is 36.4 Å². The van der Waals surface area contributed by atoms with E-state index >= 15 is 0 Å². The normalized spacial score (nSPS) is 19.6. The second-order valence-electron chi connectivity index (χ2n) is 11.8. The smallest absolute Gasteiger partial charge is 0.481 e. The highest BCUT2D eigenvalue weighted by Crippen LogP contribution is 2.40. The quantitative estimate of drug-likeness (QED) is 0.218. The van der Waals surface area contributed by atoms with Gasteiger partial charge in [0.25, 0.3) is 0 Å². The van der Waals surface area contributed by atoms with Crippen molar-refractivity contribution in [1.82, 2.24) is 4.90 Å². The van der Waals surface area contributed by atoms with Gasteiger partial charge in [0.1, 0.15) is 11.9 Å². The van der Waals surface area contributed by atoms with Crippen LogP contribution >= 0.6 is 0 Å². The number of aliphatic carboxylic acids is 1. The van der Waals surface area contributed by atoms with Crippen molar-refractivity contribution in [2.45, 2.75) is 89.8 Å². The maximum Gasteiger partial charge on any atom is 0.573 e. The van der Waals surface area contributed by atoms with Crippen molar-refractivity contribution in [2.75, 3.05) is 25.0 Å². The SMILES string of the molecule is CCN(C)c1ccc(OC(F)(F)F)cc1CN1CC(=O)OC(c2cc(C(F)(F)F)cc(C(F)(F)F)c2)C1C.O=C(O)CC1CCCCC1. The first kappa shape index (κ1) is 38.8. The molecule has 1 heterocycles. The molecule has 1 aliphatic heterocycles. The van der Waals surface area contributed by atoms with Gasteiger partial charge in [-0.05, 0) is 80.1 Å². The Bertz CT molecular complexity index is 1370. The first-order valence-electron chi connectivity index (χ1n) is 15.2. The number of cyclic esters (lactones) is 1. The molecule has 1 aliphatic carbocycles. The van der Waals surface area contributed by atoms with Crippen LogP contribution in [0.5, 0.6) is 5.75 Å². The van der Waals surface area contributed by atoms with E-state index in [2.05, 4.69) is 4.74 Å². The van der Waals surface area contributed by atoms with Crippen LogP contribution in [0.3, 0.4) is 0 Å². The molecule has 16 heteroatoms. The molecule has 2 fully saturated rings. The minimum Gasteiger partial charge on any atom is -0.481 e. The van der Waals surface area contributed by atoms with E-state index in [0.717, 1.165) is 25.0 Å². The van der Waals surface area contributed by atoms with Crippen molar-refractivity contribution >= 4 is 17.6 Å². The summed E-state index contributed by atoms with van der Waals surface area (Å²) in [6.07, 6.45) is -10.3. The number of nitrogens with zero attached hydrogens (tertiary/aromatic N) is 2. The number of carbonyl (C=O) groups excluding carboxylic acids is 1. The summed E-state index contributed by atoms with van der Waals surface area (Å²) in [5.41, 5.74) is -2.87. The minimum absolute atomic E-state index is 0.0322. The molecule has 1 saturated heterocycles. The van der Waals surface area contributed by atoms with E-state index in [1.54, 1.807) is 18.9 Å². The predicted molar refractivity (Wildman–Crippen MR) is 156 cm³/mol. The Morgan fingerprint density at radius 3 is 2.04 bits per heavy atom. The van der Waals surface area contributed by atoms with E-state index in [-0.39, 0.29) is 18.2 Å². The van der Waals surface area contributed by atoms with Crippen LogP contribution in [0.4, 0.5) is 45.2 Å². The van der Waals surface area contributed by atoms with E-state index < -0.39 is 71.8 Å². The maximum atomic E-state index is 13.4. The summed E-state index contributed by atoms with van der Waals surface area (Å²) in [6.45, 7) is 3.10. The third-order valence-corrected chi connectivity index (χ3v) is 8.27. The molecule has 2 unspecified atom stereocenters. The molecule has 2 aliphatic rings. The van der Waals surface area contributed by atoms with Crippen LogP contribution in [0.2, 0.25) is 0 Å². The fourth-order valence-corrected chi connectivity index (χ4v) is 5.75. The van der Waals surface area contributed by atoms with Gasteiger partial charge >= 0.3 is 30.7 Å². The summed E-state index contributed by atoms with van der Waals surface area (Å²) < 4.78 is 128. The van der Waals surface area contributed by atoms with E-state index in [4.69, 9.17) is 9.84 Å². The Labute approximate surface area is 271 Å². The average Bonchev–Trinajstić information content (AvgIpc) is 2.97. The standard InChI is InChI=1S/C24H23F9N2O3.C8H14O2/c1-4-34(3)19-6-5-18(38-24(31,32)33)9-15(19)11-35-12-20(36)37-21(13(35)2)14-7-16(22(25,26)27)10-17(8-14)23(28,29)30;9-8(10)6-7-4-2-1-3-5-7/h5-10,13,21H,4,11-12H2,1-3H3;7H,1-6H2,(H,9,10). The van der Waals surface area contributed by atoms with Gasteiger partial charge in [-0.15, -0.1) is 13.2 Å². The van der Waals surface area contributed by atoms with Crippen molar-refractivity contribution in [2.24, 2.45) is 5.92 Å². The van der Waals surface area contributed by atoms with Crippen molar-refractivity contribution < 1.29 is 63.7 Å². The highest BCUT2D eigenvalue weighted by molar-refractivity contribution is 5.73. The van der Waals surface area contributed by atoms with Gasteiger partial charge in [-0.25, -0.2) is 0 Å². The highest BCUT2D eigenvalue weighted by Gasteiger charge is 2.41. The van der Waals surface area contributed by atoms with Crippen LogP contribution in [-0.2, 0) is 33.2 Å². The van der Waals surface area contributed by atoms with E-state index in [1.165, 1.54) is 37.2 Å². The molecule has 1 N–H and O–H groups in total. The number of hydrogen-bond acceptors (Lipinski definition) is 6. The van der Waals surface area contributed by atoms with Crippen molar-refractivity contribution in [3.8, 4) is 5.75 Å². The molecule has 0 amide bonds. The molecule has 2 aromatic rings. The summed E-state index contributed by atoms with van der Waals surface area (Å²) in [6, 6.07) is 3.61. The molecular formula is C32H37F9N2O5. The second-order valence-corrected chi connectivity index (χ2v) is 11.8. The number of carbonyl (C=O) groups is 2. The van der Waals surface area contributed by atoms with Gasteiger partial charge in [-0.2, -0.15) is 26.3 Å². The molecule has 48 heavy (non-hydrogen) atoms. The summed E-state index contributed by atoms with van der Waals surface area (Å²) in [5, 5.41) is 8.47. The lowest BCUT2D eigenvalue weighted by Gasteiger charge is -2.39. The number of carboxylic acids is 1. The van der Waals surface area contributed by atoms with Gasteiger partial charge in [0.05, 0.1) is 17.7 Å². The highest BCUT2D eigenvalue weighted by atomic mass is 19.4. The monoisotopic (exact) mass is 700 g/mol. The number of halogens is 9. The van der Waals surface area contributed by atoms with Gasteiger partial charge < -0.3 is 19.5 Å². The lowest BCUT2D eigenvalue weighted by Crippen LogP contribution is -2.47. The fourth-order valence-electron chi connectivity index (χ4n) is 5.75. The Morgan fingerprint density at radius 2 is 1.54 bits per heavy atom. The number of morpholine rings is 1. The minimum atomic E-state index is -5.10. The zero-order valence-electron chi connectivity index (χ0n) is 26.4. The Hall–Kier alpha value is -3.69. The number of esters is 1. The maximum absolute atomic E-state index is 13.4. The first-order valence-corrected chi connectivity index (χ1v) is 15.2. The van der Waals surface area contributed by atoms with Gasteiger partial charge in [0.2, 0.25) is 0 Å². The van der Waals surface area contributed by atoms with E-state index in [0.29, 0.717) is 36.7 Å². The summed E-state index contributed by atoms with van der Waals surface area (Å²) in [7, 11) is 1.67. The molecule has 0 aromatic heterocycles. The number of benzene rings is 2. The van der Waals surface area contributed by atoms with Crippen LogP contribution < -0.4 is 9.64 Å². The van der Waals surface area contributed by atoms with Crippen LogP contribution in [0.25, 0.3) is 0 Å². The summed E-state index contributed by atoms with van der Waals surface area (Å²) in [5.74, 6) is -1.61. The van der Waals surface area contributed by atoms with Crippen molar-refractivity contribution in [1.29, 1.82) is 0 Å². The van der Waals surface area contributed by atoms with Crippen molar-refractivity contribution in [3.63, 3.8) is 0 Å². The topological polar surface area (TPSA) is 79.3 Å². The lowest BCUT2D eigenvalue weighted by atomic mass is 9.87. The average molecular weight is 701 g/mol. The molecule has 2 aromatic carbocycles. The zero-order valence-corrected chi connectivity index (χ0v) is 26.4. The van der Waals surface area contributed by atoms with Gasteiger partial charge in [0.15, 0.2) is 0 Å². The molecule has 0 spiro atoms. The molecule has 2 atom stereocenters. The third kappa shape index (κ3) is 11.2. The fraction of sp³-hybridized carbons (Fsp3) is 0.562. The Morgan fingerprint density at radius 1 is 0.958 bits per heavy atom. The van der Waals surface area contributed by atoms with Crippen LogP contribution in [0, 0.1) is 5.92 Å². The van der Waals surface area contributed by atoms with Crippen LogP contribution in [0.1, 0.15) is 80.7 Å². The van der Waals surface area contributed by atoms with E-state index in [9.17, 15) is 49.1 Å². The number of anilines is 1. The Kier molecular flexibility index (Phi) is 12.7. The number of hydrogen-bond donors (Lipinski definition) is 1. The van der Waals surface area contributed by atoms with Gasteiger partial charge in [-0.1, -0.05) is 19.3 Å². The molecule has 0 bridgehead atoms. The predicted octanol–water partition coefficient (Wildman–Crippen LogP) is 8.61. The number of carboxylic acid groups (broad SMARTS) is 1. The molecule has 268 valence electrons. The largest absolute Gasteiger partial charge is 0.573 e. The van der Waals surface area contributed by atoms with Gasteiger partial charge in [-0.3, -0.25) is 14.5 Å². The van der Waals surface area contributed by atoms with Gasteiger partial charge in [0, 0.05) is 38.3 Å². The van der Waals surface area contributed by atoms with Crippen molar-refractivity contribution in [3.05, 3.63) is 58.7 Å². The molecule has 0 radical (unpaired) electrons. The molecule has 1 saturated carbocycles. The second kappa shape index (κ2) is 15.7.